The van der Waals surface area contributed by atoms with Gasteiger partial charge in [0.05, 0.1) is 23.9 Å². The first-order valence-electron chi connectivity index (χ1n) is 15.3. The number of nitrogens with one attached hydrogen (secondary N) is 2. The zero-order valence-electron chi connectivity index (χ0n) is 24.9. The van der Waals surface area contributed by atoms with E-state index in [9.17, 15) is 9.59 Å². The second kappa shape index (κ2) is 13.2. The Morgan fingerprint density at radius 1 is 1.12 bits per heavy atom. The summed E-state index contributed by atoms with van der Waals surface area (Å²) in [6.45, 7) is 13.0. The molecule has 0 radical (unpaired) electrons. The number of anilines is 1. The monoisotopic (exact) mass is 567 g/mol. The van der Waals surface area contributed by atoms with Crippen molar-refractivity contribution in [2.45, 2.75) is 84.2 Å². The molecule has 2 N–H and O–H groups in total. The van der Waals surface area contributed by atoms with Crippen LogP contribution in [0.2, 0.25) is 0 Å². The second-order valence-electron chi connectivity index (χ2n) is 12.2. The molecule has 0 aliphatic carbocycles. The van der Waals surface area contributed by atoms with Crippen LogP contribution in [0.3, 0.4) is 0 Å². The molecule has 3 atom stereocenters. The van der Waals surface area contributed by atoms with Gasteiger partial charge in [-0.05, 0) is 63.4 Å². The summed E-state index contributed by atoms with van der Waals surface area (Å²) in [4.78, 5) is 38.8. The molecule has 0 saturated carbocycles. The van der Waals surface area contributed by atoms with Gasteiger partial charge >= 0.3 is 6.01 Å². The summed E-state index contributed by atoms with van der Waals surface area (Å²) in [5.41, 5.74) is 1.17. The van der Waals surface area contributed by atoms with Gasteiger partial charge in [0.25, 0.3) is 5.91 Å². The van der Waals surface area contributed by atoms with Crippen LogP contribution in [0.15, 0.2) is 16.7 Å². The Labute approximate surface area is 242 Å². The molecule has 2 aromatic heterocycles. The molecule has 3 aliphatic rings. The highest BCUT2D eigenvalue weighted by Gasteiger charge is 2.34. The van der Waals surface area contributed by atoms with E-state index in [2.05, 4.69) is 51.4 Å². The molecule has 3 saturated heterocycles. The van der Waals surface area contributed by atoms with Gasteiger partial charge in [-0.2, -0.15) is 4.98 Å². The Morgan fingerprint density at radius 3 is 2.56 bits per heavy atom. The summed E-state index contributed by atoms with van der Waals surface area (Å²) in [5.74, 6) is 2.70. The quantitative estimate of drug-likeness (QED) is 0.445. The Bertz CT molecular complexity index is 1190. The van der Waals surface area contributed by atoms with Gasteiger partial charge in [-0.1, -0.05) is 25.9 Å². The fourth-order valence-electron chi connectivity index (χ4n) is 6.15. The number of rotatable bonds is 10. The Balaban J connectivity index is 1.03. The van der Waals surface area contributed by atoms with Crippen LogP contribution in [0.25, 0.3) is 0 Å². The second-order valence-corrected chi connectivity index (χ2v) is 12.2. The number of carbonyl (C=O) groups is 2. The number of nitrogens with zero attached hydrogens (tertiary/aromatic N) is 5. The summed E-state index contributed by atoms with van der Waals surface area (Å²) >= 11 is 0. The lowest BCUT2D eigenvalue weighted by molar-refractivity contribution is -0.132. The molecule has 11 nitrogen and oxygen atoms in total. The number of amides is 2. The van der Waals surface area contributed by atoms with Gasteiger partial charge in [0.2, 0.25) is 11.8 Å². The molecule has 2 aromatic rings. The zero-order chi connectivity index (χ0) is 28.9. The Kier molecular flexibility index (Phi) is 9.42. The number of aryl methyl sites for hydroxylation is 1. The van der Waals surface area contributed by atoms with E-state index in [4.69, 9.17) is 9.26 Å². The van der Waals surface area contributed by atoms with E-state index in [0.717, 1.165) is 64.1 Å². The van der Waals surface area contributed by atoms with Gasteiger partial charge in [-0.15, -0.1) is 0 Å². The van der Waals surface area contributed by atoms with E-state index in [-0.39, 0.29) is 29.8 Å². The average Bonchev–Trinajstić information content (AvgIpc) is 3.75. The topological polar surface area (TPSA) is 126 Å². The number of piperidine rings is 1. The van der Waals surface area contributed by atoms with Crippen LogP contribution in [-0.2, 0) is 4.79 Å². The van der Waals surface area contributed by atoms with Gasteiger partial charge in [0.1, 0.15) is 0 Å². The molecule has 224 valence electrons. The molecule has 0 bridgehead atoms. The molecule has 3 fully saturated rings. The van der Waals surface area contributed by atoms with Crippen LogP contribution in [0.5, 0.6) is 5.88 Å². The molecular weight excluding hydrogens is 522 g/mol. The van der Waals surface area contributed by atoms with E-state index in [0.29, 0.717) is 54.6 Å². The maximum atomic E-state index is 13.0. The van der Waals surface area contributed by atoms with E-state index in [1.807, 2.05) is 11.8 Å². The minimum absolute atomic E-state index is 0.0766. The van der Waals surface area contributed by atoms with Gasteiger partial charge in [-0.3, -0.25) is 9.59 Å². The predicted molar refractivity (Wildman–Crippen MR) is 155 cm³/mol. The number of hydrogen-bond donors (Lipinski definition) is 2. The first kappa shape index (κ1) is 29.3. The lowest BCUT2D eigenvalue weighted by Gasteiger charge is -2.33. The third-order valence-corrected chi connectivity index (χ3v) is 8.87. The summed E-state index contributed by atoms with van der Waals surface area (Å²) in [6, 6.07) is 3.90. The first-order valence-corrected chi connectivity index (χ1v) is 15.3. The van der Waals surface area contributed by atoms with Crippen LogP contribution < -0.4 is 20.3 Å². The summed E-state index contributed by atoms with van der Waals surface area (Å²) in [6.07, 6.45) is 5.88. The summed E-state index contributed by atoms with van der Waals surface area (Å²) < 4.78 is 11.4. The van der Waals surface area contributed by atoms with Crippen molar-refractivity contribution in [1.29, 1.82) is 0 Å². The van der Waals surface area contributed by atoms with Crippen molar-refractivity contribution in [2.24, 2.45) is 11.8 Å². The number of pyridine rings is 1. The van der Waals surface area contributed by atoms with Crippen LogP contribution in [0, 0.1) is 18.8 Å². The number of aromatic nitrogens is 3. The van der Waals surface area contributed by atoms with E-state index < -0.39 is 0 Å². The van der Waals surface area contributed by atoms with Crippen molar-refractivity contribution in [3.05, 3.63) is 29.2 Å². The smallest absolute Gasteiger partial charge is 0.324 e. The largest absolute Gasteiger partial charge is 0.478 e. The van der Waals surface area contributed by atoms with Crippen LogP contribution >= 0.6 is 0 Å². The third kappa shape index (κ3) is 7.17. The van der Waals surface area contributed by atoms with E-state index in [1.165, 1.54) is 0 Å². The van der Waals surface area contributed by atoms with Crippen molar-refractivity contribution in [2.75, 3.05) is 44.2 Å². The molecular formula is C30H45N7O4. The third-order valence-electron chi connectivity index (χ3n) is 8.87. The molecule has 5 heterocycles. The zero-order valence-corrected chi connectivity index (χ0v) is 24.9. The highest BCUT2D eigenvalue weighted by atomic mass is 16.5. The van der Waals surface area contributed by atoms with Gasteiger partial charge in [0.15, 0.2) is 5.82 Å². The fraction of sp³-hybridized carbons (Fsp3) is 0.700. The maximum Gasteiger partial charge on any atom is 0.324 e. The molecule has 0 unspecified atom stereocenters. The van der Waals surface area contributed by atoms with Crippen LogP contribution in [-0.4, -0.2) is 83.3 Å². The van der Waals surface area contributed by atoms with E-state index in [1.54, 1.807) is 12.1 Å². The standard InChI is InChI=1S/C30H45N7O4/c1-19(2)27-34-30(41-35-27)37-14-9-22(10-15-37)20(3)11-16-40-26-8-7-24(21(4)32-26)28(38)33-23-17-25(31-18-23)29(39)36-12-5-6-13-36/h7-8,19-20,22-23,25,31H,5-6,9-18H2,1-4H3,(H,33,38)/t20-,23+,25+/m1/s1. The molecule has 11 heteroatoms. The molecule has 5 rings (SSSR count). The number of ether oxygens (including phenoxy) is 1. The summed E-state index contributed by atoms with van der Waals surface area (Å²) in [7, 11) is 0. The molecule has 0 spiro atoms. The van der Waals surface area contributed by atoms with Crippen molar-refractivity contribution in [3.63, 3.8) is 0 Å². The highest BCUT2D eigenvalue weighted by Crippen LogP contribution is 2.30. The van der Waals surface area contributed by atoms with Gasteiger partial charge < -0.3 is 29.7 Å². The number of carbonyl (C=O) groups excluding carboxylic acids is 2. The van der Waals surface area contributed by atoms with Gasteiger partial charge in [-0.25, -0.2) is 4.98 Å². The van der Waals surface area contributed by atoms with Crippen LogP contribution in [0.1, 0.15) is 87.1 Å². The van der Waals surface area contributed by atoms with Gasteiger partial charge in [0, 0.05) is 50.7 Å². The minimum Gasteiger partial charge on any atom is -0.478 e. The minimum atomic E-state index is -0.216. The SMILES string of the molecule is Cc1nc(OCC[C@@H](C)C2CCN(c3nc(C(C)C)no3)CC2)ccc1C(=O)N[C@@H]1CN[C@H](C(=O)N2CCCC2)C1. The highest BCUT2D eigenvalue weighted by molar-refractivity contribution is 5.95. The maximum absolute atomic E-state index is 13.0. The molecule has 3 aliphatic heterocycles. The van der Waals surface area contributed by atoms with Crippen molar-refractivity contribution in [1.82, 2.24) is 30.7 Å². The predicted octanol–water partition coefficient (Wildman–Crippen LogP) is 3.30. The number of hydrogen-bond acceptors (Lipinski definition) is 9. The lowest BCUT2D eigenvalue weighted by Crippen LogP contribution is -2.42. The fourth-order valence-corrected chi connectivity index (χ4v) is 6.15. The molecule has 0 aromatic carbocycles. The Hall–Kier alpha value is -3.21. The average molecular weight is 568 g/mol. The molecule has 41 heavy (non-hydrogen) atoms. The first-order chi connectivity index (χ1) is 19.8. The van der Waals surface area contributed by atoms with Crippen molar-refractivity contribution < 1.29 is 18.8 Å². The van der Waals surface area contributed by atoms with Crippen molar-refractivity contribution >= 4 is 17.8 Å². The van der Waals surface area contributed by atoms with E-state index >= 15 is 0 Å². The number of likely N-dealkylation sites (tertiary alicyclic amines) is 1. The molecule has 2 amide bonds. The van der Waals surface area contributed by atoms with Crippen LogP contribution in [0.4, 0.5) is 6.01 Å². The Morgan fingerprint density at radius 2 is 1.88 bits per heavy atom. The normalized spacial score (nSPS) is 22.4. The van der Waals surface area contributed by atoms with Crippen molar-refractivity contribution in [3.8, 4) is 5.88 Å². The lowest BCUT2D eigenvalue weighted by atomic mass is 9.84. The summed E-state index contributed by atoms with van der Waals surface area (Å²) in [5, 5.41) is 10.4.